The van der Waals surface area contributed by atoms with E-state index >= 15 is 0 Å². The largest absolute Gasteiger partial charge is 0.385 e. The van der Waals surface area contributed by atoms with Gasteiger partial charge in [0.1, 0.15) is 6.10 Å². The van der Waals surface area contributed by atoms with Gasteiger partial charge in [0.15, 0.2) is 0 Å². The van der Waals surface area contributed by atoms with Crippen LogP contribution in [0.5, 0.6) is 0 Å². The van der Waals surface area contributed by atoms with Crippen LogP contribution in [0.4, 0.5) is 0 Å². The van der Waals surface area contributed by atoms with E-state index in [1.165, 1.54) is 24.8 Å². The van der Waals surface area contributed by atoms with Gasteiger partial charge in [0, 0.05) is 7.11 Å². The molecule has 0 aliphatic heterocycles. The van der Waals surface area contributed by atoms with Crippen molar-refractivity contribution in [3.05, 3.63) is 35.4 Å². The first-order valence-electron chi connectivity index (χ1n) is 6.37. The van der Waals surface area contributed by atoms with E-state index < -0.39 is 11.7 Å². The minimum Gasteiger partial charge on any atom is -0.385 e. The van der Waals surface area contributed by atoms with Crippen LogP contribution in [0.3, 0.4) is 0 Å². The predicted molar refractivity (Wildman–Crippen MR) is 69.1 cm³/mol. The molecular weight excluding hydrogens is 212 g/mol. The van der Waals surface area contributed by atoms with Gasteiger partial charge in [-0.15, -0.1) is 0 Å². The Bertz CT molecular complexity index is 380. The zero-order valence-electron chi connectivity index (χ0n) is 10.9. The van der Waals surface area contributed by atoms with E-state index in [4.69, 9.17) is 4.74 Å². The molecule has 94 valence electrons. The monoisotopic (exact) mass is 234 g/mol. The fourth-order valence-electron chi connectivity index (χ4n) is 2.24. The van der Waals surface area contributed by atoms with Crippen LogP contribution in [0.2, 0.25) is 0 Å². The Morgan fingerprint density at radius 2 is 2.06 bits per heavy atom. The Morgan fingerprint density at radius 3 is 2.59 bits per heavy atom. The van der Waals surface area contributed by atoms with Crippen molar-refractivity contribution in [3.8, 4) is 0 Å². The minimum atomic E-state index is -0.576. The van der Waals surface area contributed by atoms with Crippen LogP contribution in [0, 0.1) is 0 Å². The second-order valence-corrected chi connectivity index (χ2v) is 5.51. The molecule has 1 fully saturated rings. The highest BCUT2D eigenvalue weighted by Gasteiger charge is 2.29. The Hall–Kier alpha value is -0.860. The molecule has 2 nitrogen and oxygen atoms in total. The van der Waals surface area contributed by atoms with Gasteiger partial charge in [0.05, 0.1) is 5.60 Å². The average molecular weight is 234 g/mol. The molecule has 0 radical (unpaired) electrons. The lowest BCUT2D eigenvalue weighted by atomic mass is 9.79. The third-order valence-electron chi connectivity index (χ3n) is 3.99. The van der Waals surface area contributed by atoms with Crippen molar-refractivity contribution in [1.29, 1.82) is 0 Å². The fourth-order valence-corrected chi connectivity index (χ4v) is 2.24. The molecule has 1 aliphatic rings. The van der Waals surface area contributed by atoms with E-state index in [1.54, 1.807) is 7.11 Å². The van der Waals surface area contributed by atoms with Gasteiger partial charge in [-0.3, -0.25) is 0 Å². The standard InChI is InChI=1S/C15H22O2/c1-15(2,17-3)14(16)13-9-5-8-12(10-13)11-6-4-7-11/h5,8-11,14,16H,4,6-7H2,1-3H3. The lowest BCUT2D eigenvalue weighted by molar-refractivity contribution is -0.0793. The molecule has 0 amide bonds. The number of hydrogen-bond donors (Lipinski definition) is 1. The summed E-state index contributed by atoms with van der Waals surface area (Å²) >= 11 is 0. The normalized spacial score (nSPS) is 18.8. The number of methoxy groups -OCH3 is 1. The summed E-state index contributed by atoms with van der Waals surface area (Å²) in [6.07, 6.45) is 3.33. The van der Waals surface area contributed by atoms with E-state index in [1.807, 2.05) is 26.0 Å². The Kier molecular flexibility index (Phi) is 3.55. The first-order chi connectivity index (χ1) is 8.04. The summed E-state index contributed by atoms with van der Waals surface area (Å²) in [6, 6.07) is 8.32. The van der Waals surface area contributed by atoms with Gasteiger partial charge in [0.2, 0.25) is 0 Å². The highest BCUT2D eigenvalue weighted by molar-refractivity contribution is 5.30. The first kappa shape index (κ1) is 12.6. The summed E-state index contributed by atoms with van der Waals surface area (Å²) in [4.78, 5) is 0. The molecule has 1 atom stereocenters. The molecule has 0 heterocycles. The summed E-state index contributed by atoms with van der Waals surface area (Å²) in [5.41, 5.74) is 1.78. The third-order valence-corrected chi connectivity index (χ3v) is 3.99. The number of hydrogen-bond acceptors (Lipinski definition) is 2. The van der Waals surface area contributed by atoms with Gasteiger partial charge in [0.25, 0.3) is 0 Å². The molecule has 1 saturated carbocycles. The highest BCUT2D eigenvalue weighted by Crippen LogP contribution is 2.38. The summed E-state index contributed by atoms with van der Waals surface area (Å²) in [7, 11) is 1.64. The predicted octanol–water partition coefficient (Wildman–Crippen LogP) is 3.41. The van der Waals surface area contributed by atoms with Crippen molar-refractivity contribution in [2.45, 2.75) is 50.7 Å². The van der Waals surface area contributed by atoms with E-state index in [0.717, 1.165) is 5.56 Å². The number of ether oxygens (including phenoxy) is 1. The average Bonchev–Trinajstić information content (AvgIpc) is 2.26. The maximum atomic E-state index is 10.3. The zero-order chi connectivity index (χ0) is 12.5. The van der Waals surface area contributed by atoms with Crippen LogP contribution in [0.25, 0.3) is 0 Å². The fraction of sp³-hybridized carbons (Fsp3) is 0.600. The molecule has 0 saturated heterocycles. The molecule has 1 unspecified atom stereocenters. The topological polar surface area (TPSA) is 29.5 Å². The maximum Gasteiger partial charge on any atom is 0.107 e. The van der Waals surface area contributed by atoms with E-state index in [9.17, 15) is 5.11 Å². The Balaban J connectivity index is 2.20. The summed E-state index contributed by atoms with van der Waals surface area (Å²) in [5, 5.41) is 10.3. The summed E-state index contributed by atoms with van der Waals surface area (Å²) in [6.45, 7) is 3.82. The molecule has 1 aromatic carbocycles. The lowest BCUT2D eigenvalue weighted by Gasteiger charge is -2.31. The van der Waals surface area contributed by atoms with Crippen molar-refractivity contribution in [2.24, 2.45) is 0 Å². The number of aliphatic hydroxyl groups is 1. The minimum absolute atomic E-state index is 0.543. The highest BCUT2D eigenvalue weighted by atomic mass is 16.5. The van der Waals surface area contributed by atoms with Crippen molar-refractivity contribution >= 4 is 0 Å². The molecule has 1 aliphatic carbocycles. The molecule has 0 spiro atoms. The van der Waals surface area contributed by atoms with Crippen LogP contribution in [-0.2, 0) is 4.74 Å². The van der Waals surface area contributed by atoms with Crippen LogP contribution >= 0.6 is 0 Å². The molecular formula is C15H22O2. The Labute approximate surface area is 104 Å². The van der Waals surface area contributed by atoms with Crippen molar-refractivity contribution < 1.29 is 9.84 Å². The van der Waals surface area contributed by atoms with Crippen LogP contribution in [0.15, 0.2) is 24.3 Å². The quantitative estimate of drug-likeness (QED) is 0.865. The molecule has 0 aromatic heterocycles. The molecule has 2 heteroatoms. The first-order valence-corrected chi connectivity index (χ1v) is 6.37. The van der Waals surface area contributed by atoms with Crippen molar-refractivity contribution in [3.63, 3.8) is 0 Å². The van der Waals surface area contributed by atoms with Crippen molar-refractivity contribution in [1.82, 2.24) is 0 Å². The van der Waals surface area contributed by atoms with Gasteiger partial charge < -0.3 is 9.84 Å². The van der Waals surface area contributed by atoms with Crippen LogP contribution in [-0.4, -0.2) is 17.8 Å². The second-order valence-electron chi connectivity index (χ2n) is 5.51. The second kappa shape index (κ2) is 4.79. The van der Waals surface area contributed by atoms with Gasteiger partial charge in [-0.25, -0.2) is 0 Å². The molecule has 17 heavy (non-hydrogen) atoms. The number of benzene rings is 1. The van der Waals surface area contributed by atoms with Crippen LogP contribution < -0.4 is 0 Å². The summed E-state index contributed by atoms with van der Waals surface area (Å²) in [5.74, 6) is 0.702. The lowest BCUT2D eigenvalue weighted by Crippen LogP contribution is -2.31. The van der Waals surface area contributed by atoms with E-state index in [2.05, 4.69) is 12.1 Å². The molecule has 2 rings (SSSR count). The van der Waals surface area contributed by atoms with Gasteiger partial charge in [-0.2, -0.15) is 0 Å². The van der Waals surface area contributed by atoms with Crippen LogP contribution in [0.1, 0.15) is 56.3 Å². The SMILES string of the molecule is COC(C)(C)C(O)c1cccc(C2CCC2)c1. The molecule has 1 N–H and O–H groups in total. The number of aliphatic hydroxyl groups excluding tert-OH is 1. The molecule has 0 bridgehead atoms. The van der Waals surface area contributed by atoms with Gasteiger partial charge in [-0.05, 0) is 43.7 Å². The summed E-state index contributed by atoms with van der Waals surface area (Å²) < 4.78 is 5.34. The van der Waals surface area contributed by atoms with Gasteiger partial charge >= 0.3 is 0 Å². The van der Waals surface area contributed by atoms with E-state index in [0.29, 0.717) is 5.92 Å². The third kappa shape index (κ3) is 2.53. The number of rotatable bonds is 4. The maximum absolute atomic E-state index is 10.3. The molecule has 1 aromatic rings. The van der Waals surface area contributed by atoms with E-state index in [-0.39, 0.29) is 0 Å². The smallest absolute Gasteiger partial charge is 0.107 e. The van der Waals surface area contributed by atoms with Crippen molar-refractivity contribution in [2.75, 3.05) is 7.11 Å². The Morgan fingerprint density at radius 1 is 1.35 bits per heavy atom. The zero-order valence-corrected chi connectivity index (χ0v) is 10.9. The van der Waals surface area contributed by atoms with Gasteiger partial charge in [-0.1, -0.05) is 30.7 Å².